The highest BCUT2D eigenvalue weighted by Gasteiger charge is 2.12. The van der Waals surface area contributed by atoms with Crippen molar-refractivity contribution in [3.8, 4) is 11.5 Å². The molecule has 24 heavy (non-hydrogen) atoms. The molecule has 1 aromatic rings. The van der Waals surface area contributed by atoms with E-state index in [2.05, 4.69) is 0 Å². The van der Waals surface area contributed by atoms with Crippen molar-refractivity contribution < 1.29 is 18.9 Å². The molecule has 0 saturated carbocycles. The van der Waals surface area contributed by atoms with Gasteiger partial charge in [0.1, 0.15) is 0 Å². The molecule has 0 atom stereocenters. The average Bonchev–Trinajstić information content (AvgIpc) is 3.07. The van der Waals surface area contributed by atoms with Crippen LogP contribution in [0.2, 0.25) is 0 Å². The van der Waals surface area contributed by atoms with E-state index in [1.807, 2.05) is 18.2 Å². The van der Waals surface area contributed by atoms with Crippen LogP contribution in [-0.4, -0.2) is 27.1 Å². The highest BCUT2D eigenvalue weighted by Crippen LogP contribution is 2.32. The quantitative estimate of drug-likeness (QED) is 0.443. The average molecular weight is 336 g/mol. The molecule has 4 nitrogen and oxygen atoms in total. The highest BCUT2D eigenvalue weighted by atomic mass is 16.7. The second kappa shape index (κ2) is 12.2. The standard InChI is InChI=1S/C20H32O4/c1-21-13-9-7-5-3-2-4-6-8-10-14-22-16-18-11-12-19-20(15-18)24-17-23-19/h11-12,15H,2-10,13-14,16-17H2,1H3. The summed E-state index contributed by atoms with van der Waals surface area (Å²) in [6.45, 7) is 2.72. The van der Waals surface area contributed by atoms with Gasteiger partial charge in [0.15, 0.2) is 11.5 Å². The van der Waals surface area contributed by atoms with Crippen LogP contribution in [0.4, 0.5) is 0 Å². The number of hydrogen-bond donors (Lipinski definition) is 0. The Hall–Kier alpha value is -1.26. The predicted octanol–water partition coefficient (Wildman–Crippen LogP) is 5.09. The molecule has 0 bridgehead atoms. The van der Waals surface area contributed by atoms with Gasteiger partial charge in [0.25, 0.3) is 0 Å². The van der Waals surface area contributed by atoms with Crippen molar-refractivity contribution in [3.63, 3.8) is 0 Å². The maximum atomic E-state index is 5.75. The summed E-state index contributed by atoms with van der Waals surface area (Å²) in [5.74, 6) is 1.66. The molecule has 0 aliphatic carbocycles. The third-order valence-electron chi connectivity index (χ3n) is 4.34. The lowest BCUT2D eigenvalue weighted by molar-refractivity contribution is 0.116. The number of benzene rings is 1. The lowest BCUT2D eigenvalue weighted by atomic mass is 10.1. The van der Waals surface area contributed by atoms with E-state index in [-0.39, 0.29) is 0 Å². The first kappa shape index (κ1) is 19.1. The molecule has 1 aliphatic heterocycles. The van der Waals surface area contributed by atoms with E-state index in [1.54, 1.807) is 7.11 Å². The molecule has 1 aliphatic rings. The Morgan fingerprint density at radius 3 is 2.12 bits per heavy atom. The zero-order valence-corrected chi connectivity index (χ0v) is 15.1. The summed E-state index contributed by atoms with van der Waals surface area (Å²) in [5.41, 5.74) is 1.15. The van der Waals surface area contributed by atoms with Crippen LogP contribution in [0.25, 0.3) is 0 Å². The molecule has 0 unspecified atom stereocenters. The van der Waals surface area contributed by atoms with Crippen molar-refractivity contribution >= 4 is 0 Å². The molecule has 0 amide bonds. The van der Waals surface area contributed by atoms with E-state index in [0.29, 0.717) is 13.4 Å². The fourth-order valence-electron chi connectivity index (χ4n) is 2.91. The van der Waals surface area contributed by atoms with Crippen molar-refractivity contribution in [1.82, 2.24) is 0 Å². The molecule has 136 valence electrons. The van der Waals surface area contributed by atoms with Gasteiger partial charge >= 0.3 is 0 Å². The maximum Gasteiger partial charge on any atom is 0.231 e. The van der Waals surface area contributed by atoms with Crippen LogP contribution in [0, 0.1) is 0 Å². The van der Waals surface area contributed by atoms with Crippen molar-refractivity contribution in [3.05, 3.63) is 23.8 Å². The molecule has 0 radical (unpaired) electrons. The van der Waals surface area contributed by atoms with E-state index >= 15 is 0 Å². The highest BCUT2D eigenvalue weighted by molar-refractivity contribution is 5.44. The fraction of sp³-hybridized carbons (Fsp3) is 0.700. The van der Waals surface area contributed by atoms with Crippen LogP contribution in [-0.2, 0) is 16.1 Å². The molecular formula is C20H32O4. The van der Waals surface area contributed by atoms with Gasteiger partial charge in [0.05, 0.1) is 6.61 Å². The van der Waals surface area contributed by atoms with E-state index in [4.69, 9.17) is 18.9 Å². The van der Waals surface area contributed by atoms with Crippen molar-refractivity contribution in [2.45, 2.75) is 64.4 Å². The van der Waals surface area contributed by atoms with E-state index < -0.39 is 0 Å². The summed E-state index contributed by atoms with van der Waals surface area (Å²) in [7, 11) is 1.78. The summed E-state index contributed by atoms with van der Waals surface area (Å²) in [6, 6.07) is 6.01. The maximum absolute atomic E-state index is 5.75. The van der Waals surface area contributed by atoms with Crippen molar-refractivity contribution in [2.24, 2.45) is 0 Å². The van der Waals surface area contributed by atoms with Crippen LogP contribution in [0.5, 0.6) is 11.5 Å². The van der Waals surface area contributed by atoms with Gasteiger partial charge in [-0.25, -0.2) is 0 Å². The van der Waals surface area contributed by atoms with Crippen molar-refractivity contribution in [2.75, 3.05) is 27.1 Å². The molecule has 0 N–H and O–H groups in total. The van der Waals surface area contributed by atoms with Crippen LogP contribution in [0.15, 0.2) is 18.2 Å². The summed E-state index contributed by atoms with van der Waals surface area (Å²) in [4.78, 5) is 0. The minimum atomic E-state index is 0.326. The Bertz CT molecular complexity index is 447. The molecule has 4 heteroatoms. The first-order chi connectivity index (χ1) is 11.9. The minimum absolute atomic E-state index is 0.326. The lowest BCUT2D eigenvalue weighted by Gasteiger charge is -2.06. The number of ether oxygens (including phenoxy) is 4. The molecule has 0 spiro atoms. The Morgan fingerprint density at radius 2 is 1.42 bits per heavy atom. The second-order valence-electron chi connectivity index (χ2n) is 6.41. The summed E-state index contributed by atoms with van der Waals surface area (Å²) < 4.78 is 21.5. The Balaban J connectivity index is 1.37. The van der Waals surface area contributed by atoms with Crippen LogP contribution in [0.1, 0.15) is 63.4 Å². The molecule has 0 saturated heterocycles. The van der Waals surface area contributed by atoms with Gasteiger partial charge in [-0.3, -0.25) is 0 Å². The molecule has 0 aromatic heterocycles. The number of hydrogen-bond acceptors (Lipinski definition) is 4. The van der Waals surface area contributed by atoms with Crippen molar-refractivity contribution in [1.29, 1.82) is 0 Å². The third kappa shape index (κ3) is 7.54. The van der Waals surface area contributed by atoms with Gasteiger partial charge in [-0.05, 0) is 30.5 Å². The number of unbranched alkanes of at least 4 members (excludes halogenated alkanes) is 8. The molecule has 1 heterocycles. The summed E-state index contributed by atoms with van der Waals surface area (Å²) in [6.07, 6.45) is 11.7. The first-order valence-electron chi connectivity index (χ1n) is 9.35. The number of fused-ring (bicyclic) bond motifs is 1. The zero-order valence-electron chi connectivity index (χ0n) is 15.1. The van der Waals surface area contributed by atoms with E-state index in [1.165, 1.54) is 51.4 Å². The number of methoxy groups -OCH3 is 1. The van der Waals surface area contributed by atoms with E-state index in [9.17, 15) is 0 Å². The molecule has 0 fully saturated rings. The van der Waals surface area contributed by atoms with Gasteiger partial charge in [-0.2, -0.15) is 0 Å². The Kier molecular flexibility index (Phi) is 9.66. The van der Waals surface area contributed by atoms with Gasteiger partial charge in [0.2, 0.25) is 6.79 Å². The topological polar surface area (TPSA) is 36.9 Å². The summed E-state index contributed by atoms with van der Waals surface area (Å²) >= 11 is 0. The lowest BCUT2D eigenvalue weighted by Crippen LogP contribution is -1.96. The predicted molar refractivity (Wildman–Crippen MR) is 95.7 cm³/mol. The SMILES string of the molecule is COCCCCCCCCCCCOCc1ccc2c(c1)OCO2. The Labute approximate surface area is 146 Å². The van der Waals surface area contributed by atoms with Gasteiger partial charge < -0.3 is 18.9 Å². The van der Waals surface area contributed by atoms with Gasteiger partial charge in [-0.15, -0.1) is 0 Å². The normalized spacial score (nSPS) is 12.7. The monoisotopic (exact) mass is 336 g/mol. The third-order valence-corrected chi connectivity index (χ3v) is 4.34. The minimum Gasteiger partial charge on any atom is -0.454 e. The molecular weight excluding hydrogens is 304 g/mol. The van der Waals surface area contributed by atoms with Crippen LogP contribution in [0.3, 0.4) is 0 Å². The molecule has 1 aromatic carbocycles. The number of rotatable bonds is 14. The second-order valence-corrected chi connectivity index (χ2v) is 6.41. The Morgan fingerprint density at radius 1 is 0.792 bits per heavy atom. The summed E-state index contributed by atoms with van der Waals surface area (Å²) in [5, 5.41) is 0. The largest absolute Gasteiger partial charge is 0.454 e. The van der Waals surface area contributed by atoms with Crippen LogP contribution < -0.4 is 9.47 Å². The van der Waals surface area contributed by atoms with Gasteiger partial charge in [-0.1, -0.05) is 51.0 Å². The van der Waals surface area contributed by atoms with E-state index in [0.717, 1.165) is 36.7 Å². The van der Waals surface area contributed by atoms with Crippen LogP contribution >= 0.6 is 0 Å². The fourth-order valence-corrected chi connectivity index (χ4v) is 2.91. The smallest absolute Gasteiger partial charge is 0.231 e. The molecule has 2 rings (SSSR count). The zero-order chi connectivity index (χ0) is 16.9. The van der Waals surface area contributed by atoms with Gasteiger partial charge in [0, 0.05) is 20.3 Å². The first-order valence-corrected chi connectivity index (χ1v) is 9.35.